The Bertz CT molecular complexity index is 355. The van der Waals surface area contributed by atoms with Crippen LogP contribution in [0.2, 0.25) is 5.15 Å². The first-order valence-electron chi connectivity index (χ1n) is 5.64. The first-order chi connectivity index (χ1) is 7.57. The van der Waals surface area contributed by atoms with E-state index in [1.54, 1.807) is 0 Å². The number of nitrogens with zero attached hydrogens (tertiary/aromatic N) is 1. The summed E-state index contributed by atoms with van der Waals surface area (Å²) in [5.41, 5.74) is 1.39. The van der Waals surface area contributed by atoms with Crippen LogP contribution in [0.5, 0.6) is 0 Å². The van der Waals surface area contributed by atoms with E-state index in [-0.39, 0.29) is 0 Å². The third kappa shape index (κ3) is 2.94. The Morgan fingerprint density at radius 3 is 2.75 bits per heavy atom. The van der Waals surface area contributed by atoms with Crippen LogP contribution in [0.25, 0.3) is 0 Å². The number of nitrogens with one attached hydrogen (secondary N) is 1. The van der Waals surface area contributed by atoms with Gasteiger partial charge in [-0.3, -0.25) is 0 Å². The molecule has 88 valence electrons. The number of pyridine rings is 1. The lowest BCUT2D eigenvalue weighted by molar-refractivity contribution is 0.0108. The Kier molecular flexibility index (Phi) is 3.47. The molecule has 0 aliphatic carbocycles. The van der Waals surface area contributed by atoms with Gasteiger partial charge in [0.05, 0.1) is 5.60 Å². The molecule has 0 atom stereocenters. The first-order valence-corrected chi connectivity index (χ1v) is 6.01. The van der Waals surface area contributed by atoms with Crippen molar-refractivity contribution in [2.75, 3.05) is 13.1 Å². The van der Waals surface area contributed by atoms with Crippen molar-refractivity contribution in [1.82, 2.24) is 10.3 Å². The van der Waals surface area contributed by atoms with E-state index in [0.717, 1.165) is 37.2 Å². The summed E-state index contributed by atoms with van der Waals surface area (Å²) in [7, 11) is 0. The Morgan fingerprint density at radius 2 is 2.12 bits per heavy atom. The molecule has 0 bridgehead atoms. The van der Waals surface area contributed by atoms with Gasteiger partial charge in [0, 0.05) is 12.1 Å². The number of aliphatic hydroxyl groups is 1. The van der Waals surface area contributed by atoms with Crippen molar-refractivity contribution >= 4 is 11.6 Å². The molecule has 16 heavy (non-hydrogen) atoms. The van der Waals surface area contributed by atoms with E-state index in [2.05, 4.69) is 10.3 Å². The predicted octanol–water partition coefficient (Wildman–Crippen LogP) is 1.70. The number of aryl methyl sites for hydroxylation is 1. The van der Waals surface area contributed by atoms with Gasteiger partial charge in [0.25, 0.3) is 0 Å². The maximum atomic E-state index is 10.4. The second-order valence-electron chi connectivity index (χ2n) is 4.59. The van der Waals surface area contributed by atoms with Crippen LogP contribution in [0.4, 0.5) is 0 Å². The molecule has 1 saturated heterocycles. The highest BCUT2D eigenvalue weighted by molar-refractivity contribution is 6.29. The quantitative estimate of drug-likeness (QED) is 0.774. The van der Waals surface area contributed by atoms with Gasteiger partial charge in [-0.05, 0) is 50.6 Å². The van der Waals surface area contributed by atoms with Gasteiger partial charge < -0.3 is 10.4 Å². The zero-order valence-corrected chi connectivity index (χ0v) is 10.2. The molecule has 4 heteroatoms. The van der Waals surface area contributed by atoms with Crippen molar-refractivity contribution in [1.29, 1.82) is 0 Å². The lowest BCUT2D eigenvalue weighted by Crippen LogP contribution is -2.43. The average Bonchev–Trinajstić information content (AvgIpc) is 2.15. The first kappa shape index (κ1) is 11.8. The summed E-state index contributed by atoms with van der Waals surface area (Å²) < 4.78 is 0. The topological polar surface area (TPSA) is 45.1 Å². The number of piperidine rings is 1. The molecule has 1 aliphatic rings. The third-order valence-corrected chi connectivity index (χ3v) is 3.24. The SMILES string of the molecule is Cc1cc(CC2(O)CCNCC2)cc(Cl)n1. The van der Waals surface area contributed by atoms with E-state index < -0.39 is 5.60 Å². The van der Waals surface area contributed by atoms with Crippen LogP contribution in [0, 0.1) is 6.92 Å². The van der Waals surface area contributed by atoms with E-state index in [0.29, 0.717) is 11.6 Å². The van der Waals surface area contributed by atoms with Crippen LogP contribution in [0.1, 0.15) is 24.1 Å². The van der Waals surface area contributed by atoms with Gasteiger partial charge in [-0.1, -0.05) is 11.6 Å². The van der Waals surface area contributed by atoms with Crippen molar-refractivity contribution in [3.8, 4) is 0 Å². The minimum atomic E-state index is -0.581. The van der Waals surface area contributed by atoms with E-state index in [1.165, 1.54) is 0 Å². The highest BCUT2D eigenvalue weighted by Crippen LogP contribution is 2.24. The van der Waals surface area contributed by atoms with Gasteiger partial charge in [0.2, 0.25) is 0 Å². The summed E-state index contributed by atoms with van der Waals surface area (Å²) in [5, 5.41) is 14.2. The largest absolute Gasteiger partial charge is 0.389 e. The van der Waals surface area contributed by atoms with Gasteiger partial charge in [0.15, 0.2) is 0 Å². The van der Waals surface area contributed by atoms with Gasteiger partial charge in [-0.25, -0.2) is 4.98 Å². The average molecular weight is 241 g/mol. The molecule has 0 saturated carbocycles. The van der Waals surface area contributed by atoms with Crippen LogP contribution < -0.4 is 5.32 Å². The Morgan fingerprint density at radius 1 is 1.44 bits per heavy atom. The second-order valence-corrected chi connectivity index (χ2v) is 4.98. The Labute approximate surface area is 101 Å². The normalized spacial score (nSPS) is 19.7. The van der Waals surface area contributed by atoms with Crippen molar-refractivity contribution in [3.63, 3.8) is 0 Å². The summed E-state index contributed by atoms with van der Waals surface area (Å²) in [5.74, 6) is 0. The van der Waals surface area contributed by atoms with Crippen molar-refractivity contribution in [2.45, 2.75) is 31.8 Å². The third-order valence-electron chi connectivity index (χ3n) is 3.05. The van der Waals surface area contributed by atoms with Crippen molar-refractivity contribution in [3.05, 3.63) is 28.5 Å². The molecule has 0 radical (unpaired) electrons. The number of aromatic nitrogens is 1. The molecule has 1 aromatic rings. The molecule has 3 nitrogen and oxygen atoms in total. The fourth-order valence-electron chi connectivity index (χ4n) is 2.25. The van der Waals surface area contributed by atoms with Crippen molar-refractivity contribution in [2.24, 2.45) is 0 Å². The van der Waals surface area contributed by atoms with Crippen LogP contribution in [0.15, 0.2) is 12.1 Å². The Balaban J connectivity index is 2.13. The fraction of sp³-hybridized carbons (Fsp3) is 0.583. The van der Waals surface area contributed by atoms with E-state index in [1.807, 2.05) is 19.1 Å². The molecule has 2 heterocycles. The monoisotopic (exact) mass is 240 g/mol. The number of halogens is 1. The lowest BCUT2D eigenvalue weighted by Gasteiger charge is -2.32. The van der Waals surface area contributed by atoms with Gasteiger partial charge in [-0.15, -0.1) is 0 Å². The zero-order chi connectivity index (χ0) is 11.6. The van der Waals surface area contributed by atoms with E-state index >= 15 is 0 Å². The molecule has 1 fully saturated rings. The number of hydrogen-bond acceptors (Lipinski definition) is 3. The fourth-order valence-corrected chi connectivity index (χ4v) is 2.52. The molecule has 0 unspecified atom stereocenters. The summed E-state index contributed by atoms with van der Waals surface area (Å²) in [6.45, 7) is 3.68. The molecular formula is C12H17ClN2O. The number of rotatable bonds is 2. The smallest absolute Gasteiger partial charge is 0.129 e. The molecule has 2 N–H and O–H groups in total. The van der Waals surface area contributed by atoms with E-state index in [9.17, 15) is 5.11 Å². The van der Waals surface area contributed by atoms with Gasteiger partial charge in [0.1, 0.15) is 5.15 Å². The summed E-state index contributed by atoms with van der Waals surface area (Å²) >= 11 is 5.91. The minimum absolute atomic E-state index is 0.507. The number of hydrogen-bond donors (Lipinski definition) is 2. The maximum absolute atomic E-state index is 10.4. The summed E-state index contributed by atoms with van der Waals surface area (Å²) in [6, 6.07) is 3.83. The van der Waals surface area contributed by atoms with Crippen LogP contribution in [-0.2, 0) is 6.42 Å². The van der Waals surface area contributed by atoms with Crippen LogP contribution in [0.3, 0.4) is 0 Å². The highest BCUT2D eigenvalue weighted by atomic mass is 35.5. The molecule has 1 aromatic heterocycles. The van der Waals surface area contributed by atoms with Crippen molar-refractivity contribution < 1.29 is 5.11 Å². The summed E-state index contributed by atoms with van der Waals surface area (Å²) in [4.78, 5) is 4.12. The lowest BCUT2D eigenvalue weighted by atomic mass is 9.86. The molecule has 0 amide bonds. The van der Waals surface area contributed by atoms with E-state index in [4.69, 9.17) is 11.6 Å². The highest BCUT2D eigenvalue weighted by Gasteiger charge is 2.29. The second kappa shape index (κ2) is 4.70. The molecule has 2 rings (SSSR count). The van der Waals surface area contributed by atoms with Gasteiger partial charge >= 0.3 is 0 Å². The molecular weight excluding hydrogens is 224 g/mol. The standard InChI is InChI=1S/C12H17ClN2O/c1-9-6-10(7-11(13)15-9)8-12(16)2-4-14-5-3-12/h6-7,14,16H,2-5,8H2,1H3. The van der Waals surface area contributed by atoms with Gasteiger partial charge in [-0.2, -0.15) is 0 Å². The Hall–Kier alpha value is -0.640. The maximum Gasteiger partial charge on any atom is 0.129 e. The summed E-state index contributed by atoms with van der Waals surface area (Å²) in [6.07, 6.45) is 2.26. The minimum Gasteiger partial charge on any atom is -0.389 e. The molecule has 0 spiro atoms. The molecule has 1 aliphatic heterocycles. The molecule has 0 aromatic carbocycles. The van der Waals surface area contributed by atoms with Crippen LogP contribution >= 0.6 is 11.6 Å². The predicted molar refractivity (Wildman–Crippen MR) is 64.7 cm³/mol. The van der Waals surface area contributed by atoms with Crippen LogP contribution in [-0.4, -0.2) is 28.8 Å². The zero-order valence-electron chi connectivity index (χ0n) is 9.46.